The summed E-state index contributed by atoms with van der Waals surface area (Å²) < 4.78 is 13.4. The first-order valence-electron chi connectivity index (χ1n) is 13.7. The van der Waals surface area contributed by atoms with Crippen molar-refractivity contribution < 1.29 is 13.9 Å². The number of nitrogens with zero attached hydrogens (tertiary/aromatic N) is 3. The van der Waals surface area contributed by atoms with E-state index < -0.39 is 5.97 Å². The fraction of sp³-hybridized carbons (Fsp3) is 0.344. The highest BCUT2D eigenvalue weighted by Gasteiger charge is 2.20. The molecule has 5 rings (SSSR count). The second kappa shape index (κ2) is 12.7. The molecule has 4 aromatic rings. The monoisotopic (exact) mass is 543 g/mol. The zero-order chi connectivity index (χ0) is 27.2. The summed E-state index contributed by atoms with van der Waals surface area (Å²) in [6, 6.07) is 25.8. The number of piperazine rings is 1. The lowest BCUT2D eigenvalue weighted by Gasteiger charge is -2.34. The largest absolute Gasteiger partial charge is 0.460 e. The van der Waals surface area contributed by atoms with Crippen LogP contribution in [0.1, 0.15) is 34.2 Å². The lowest BCUT2D eigenvalue weighted by molar-refractivity contribution is 0.0491. The summed E-state index contributed by atoms with van der Waals surface area (Å²) in [6.07, 6.45) is 0.965. The number of rotatable bonds is 10. The third-order valence-corrected chi connectivity index (χ3v) is 8.29. The first kappa shape index (κ1) is 27.3. The van der Waals surface area contributed by atoms with Crippen LogP contribution in [0.25, 0.3) is 11.0 Å². The van der Waals surface area contributed by atoms with Gasteiger partial charge in [-0.3, -0.25) is 0 Å². The van der Waals surface area contributed by atoms with Crippen molar-refractivity contribution in [2.45, 2.75) is 31.7 Å². The molecular weight excluding hydrogens is 506 g/mol. The molecule has 0 atom stereocenters. The number of ether oxygens (including phenoxy) is 1. The summed E-state index contributed by atoms with van der Waals surface area (Å²) in [5, 5.41) is 0.947. The highest BCUT2D eigenvalue weighted by atomic mass is 32.2. The van der Waals surface area contributed by atoms with Gasteiger partial charge in [0.1, 0.15) is 5.58 Å². The van der Waals surface area contributed by atoms with Crippen LogP contribution in [0, 0.1) is 6.92 Å². The van der Waals surface area contributed by atoms with Crippen LogP contribution in [-0.4, -0.2) is 61.6 Å². The highest BCUT2D eigenvalue weighted by molar-refractivity contribution is 7.97. The molecular formula is C32H37N3O3S. The molecule has 1 aromatic heterocycles. The van der Waals surface area contributed by atoms with E-state index in [2.05, 4.69) is 87.9 Å². The van der Waals surface area contributed by atoms with Gasteiger partial charge in [0.05, 0.1) is 6.61 Å². The number of hydrogen-bond acceptors (Lipinski definition) is 7. The molecule has 0 aliphatic carbocycles. The van der Waals surface area contributed by atoms with Gasteiger partial charge in [0.25, 0.3) is 0 Å². The Bertz CT molecular complexity index is 1380. The topological polar surface area (TPSA) is 49.2 Å². The maximum absolute atomic E-state index is 12.3. The average molecular weight is 544 g/mol. The molecule has 204 valence electrons. The quantitative estimate of drug-likeness (QED) is 0.169. The third-order valence-electron chi connectivity index (χ3n) is 7.26. The van der Waals surface area contributed by atoms with E-state index in [0.717, 1.165) is 61.5 Å². The van der Waals surface area contributed by atoms with Crippen LogP contribution in [0.3, 0.4) is 0 Å². The number of aryl methyl sites for hydroxylation is 1. The van der Waals surface area contributed by atoms with Gasteiger partial charge in [0.2, 0.25) is 5.76 Å². The number of carbonyl (C=O) groups is 1. The van der Waals surface area contributed by atoms with Crippen molar-refractivity contribution in [2.24, 2.45) is 0 Å². The number of esters is 1. The van der Waals surface area contributed by atoms with Crippen molar-refractivity contribution >= 4 is 34.6 Å². The summed E-state index contributed by atoms with van der Waals surface area (Å²) in [4.78, 5) is 18.3. The zero-order valence-electron chi connectivity index (χ0n) is 23.1. The molecule has 0 bridgehead atoms. The summed E-state index contributed by atoms with van der Waals surface area (Å²) in [7, 11) is 2.19. The Morgan fingerprint density at radius 1 is 0.974 bits per heavy atom. The minimum atomic E-state index is -0.412. The van der Waals surface area contributed by atoms with E-state index in [1.54, 1.807) is 18.9 Å². The second-order valence-corrected chi connectivity index (χ2v) is 11.3. The lowest BCUT2D eigenvalue weighted by atomic mass is 10.1. The van der Waals surface area contributed by atoms with Gasteiger partial charge >= 0.3 is 5.97 Å². The minimum Gasteiger partial charge on any atom is -0.460 e. The van der Waals surface area contributed by atoms with Crippen molar-refractivity contribution in [3.8, 4) is 0 Å². The SMILES string of the molecule is CCOC(=O)c1oc2ccc(SN(CCc3ccccc3)Cc3ccc(N4CCN(C)CC4)cc3)cc2c1C. The van der Waals surface area contributed by atoms with Crippen molar-refractivity contribution in [3.05, 3.63) is 95.2 Å². The molecule has 0 amide bonds. The average Bonchev–Trinajstić information content (AvgIpc) is 3.29. The molecule has 0 unspecified atom stereocenters. The van der Waals surface area contributed by atoms with E-state index in [1.807, 2.05) is 13.0 Å². The van der Waals surface area contributed by atoms with Gasteiger partial charge in [-0.2, -0.15) is 0 Å². The molecule has 1 fully saturated rings. The fourth-order valence-electron chi connectivity index (χ4n) is 4.93. The number of anilines is 1. The molecule has 6 nitrogen and oxygen atoms in total. The third kappa shape index (κ3) is 6.85. The standard InChI is InChI=1S/C32H37N3O3S/c1-4-37-32(36)31-24(2)29-22-28(14-15-30(29)38-31)39-35(17-16-25-8-6-5-7-9-25)23-26-10-12-27(13-11-26)34-20-18-33(3)19-21-34/h5-15,22H,4,16-21,23H2,1-3H3. The second-order valence-electron chi connectivity index (χ2n) is 10.1. The maximum Gasteiger partial charge on any atom is 0.374 e. The van der Waals surface area contributed by atoms with Crippen molar-refractivity contribution in [1.29, 1.82) is 0 Å². The van der Waals surface area contributed by atoms with Crippen LogP contribution in [0.5, 0.6) is 0 Å². The van der Waals surface area contributed by atoms with Gasteiger partial charge < -0.3 is 19.0 Å². The molecule has 0 spiro atoms. The van der Waals surface area contributed by atoms with Crippen molar-refractivity contribution in [1.82, 2.24) is 9.21 Å². The smallest absolute Gasteiger partial charge is 0.374 e. The normalized spacial score (nSPS) is 14.3. The number of furan rings is 1. The van der Waals surface area contributed by atoms with E-state index in [1.165, 1.54) is 16.8 Å². The van der Waals surface area contributed by atoms with Crippen LogP contribution in [0.4, 0.5) is 5.69 Å². The number of hydrogen-bond donors (Lipinski definition) is 0. The van der Waals surface area contributed by atoms with E-state index in [9.17, 15) is 4.79 Å². The van der Waals surface area contributed by atoms with Gasteiger partial charge in [-0.05, 0) is 80.7 Å². The van der Waals surface area contributed by atoms with Crippen LogP contribution in [0.15, 0.2) is 82.1 Å². The number of benzene rings is 3. The molecule has 39 heavy (non-hydrogen) atoms. The summed E-state index contributed by atoms with van der Waals surface area (Å²) >= 11 is 1.75. The van der Waals surface area contributed by atoms with Gasteiger partial charge in [-0.15, -0.1) is 0 Å². The van der Waals surface area contributed by atoms with E-state index in [0.29, 0.717) is 12.2 Å². The van der Waals surface area contributed by atoms with Crippen molar-refractivity contribution in [3.63, 3.8) is 0 Å². The molecule has 2 heterocycles. The van der Waals surface area contributed by atoms with Crippen LogP contribution in [-0.2, 0) is 17.7 Å². The Labute approximate surface area is 235 Å². The number of fused-ring (bicyclic) bond motifs is 1. The number of likely N-dealkylation sites (N-methyl/N-ethyl adjacent to an activating group) is 1. The van der Waals surface area contributed by atoms with E-state index in [4.69, 9.17) is 9.15 Å². The summed E-state index contributed by atoms with van der Waals surface area (Å²) in [5.74, 6) is -0.125. The Morgan fingerprint density at radius 3 is 2.44 bits per heavy atom. The Hall–Kier alpha value is -3.26. The van der Waals surface area contributed by atoms with Gasteiger partial charge in [0, 0.05) is 60.8 Å². The van der Waals surface area contributed by atoms with Gasteiger partial charge in [0.15, 0.2) is 0 Å². The molecule has 1 aliphatic heterocycles. The van der Waals surface area contributed by atoms with Gasteiger partial charge in [-0.25, -0.2) is 9.10 Å². The molecule has 1 aliphatic rings. The van der Waals surface area contributed by atoms with Crippen LogP contribution in [0.2, 0.25) is 0 Å². The maximum atomic E-state index is 12.3. The Morgan fingerprint density at radius 2 is 1.72 bits per heavy atom. The fourth-order valence-corrected chi connectivity index (χ4v) is 5.93. The van der Waals surface area contributed by atoms with Crippen molar-refractivity contribution in [2.75, 3.05) is 51.3 Å². The van der Waals surface area contributed by atoms with Crippen LogP contribution >= 0.6 is 11.9 Å². The molecule has 0 radical (unpaired) electrons. The Kier molecular flexibility index (Phi) is 8.91. The lowest BCUT2D eigenvalue weighted by Crippen LogP contribution is -2.44. The van der Waals surface area contributed by atoms with E-state index in [-0.39, 0.29) is 5.76 Å². The Balaban J connectivity index is 1.33. The molecule has 0 saturated carbocycles. The molecule has 7 heteroatoms. The van der Waals surface area contributed by atoms with Crippen LogP contribution < -0.4 is 4.90 Å². The summed E-state index contributed by atoms with van der Waals surface area (Å²) in [5.41, 5.74) is 5.44. The molecule has 3 aromatic carbocycles. The van der Waals surface area contributed by atoms with E-state index >= 15 is 0 Å². The highest BCUT2D eigenvalue weighted by Crippen LogP contribution is 2.32. The minimum absolute atomic E-state index is 0.287. The van der Waals surface area contributed by atoms with Gasteiger partial charge in [-0.1, -0.05) is 42.5 Å². The molecule has 1 saturated heterocycles. The predicted molar refractivity (Wildman–Crippen MR) is 159 cm³/mol. The first-order chi connectivity index (χ1) is 19.0. The molecule has 0 N–H and O–H groups in total. The first-order valence-corrected chi connectivity index (χ1v) is 14.5. The predicted octanol–water partition coefficient (Wildman–Crippen LogP) is 6.42. The zero-order valence-corrected chi connectivity index (χ0v) is 23.9. The summed E-state index contributed by atoms with van der Waals surface area (Å²) in [6.45, 7) is 10.1. The number of carbonyl (C=O) groups excluding carboxylic acids is 1.